The topological polar surface area (TPSA) is 36.9 Å². The highest BCUT2D eigenvalue weighted by molar-refractivity contribution is 7.25. The largest absolute Gasteiger partial charge is 0.456 e. The molecule has 0 amide bonds. The van der Waals surface area contributed by atoms with Gasteiger partial charge in [0.2, 0.25) is 0 Å². The monoisotopic (exact) mass is 603 g/mol. The van der Waals surface area contributed by atoms with Crippen molar-refractivity contribution in [3.63, 3.8) is 0 Å². The zero-order valence-electron chi connectivity index (χ0n) is 24.7. The molecule has 0 aliphatic carbocycles. The van der Waals surface area contributed by atoms with E-state index in [1.54, 1.807) is 0 Å². The second kappa shape index (κ2) is 10.6. The van der Waals surface area contributed by atoms with Gasteiger partial charge in [-0.25, -0.2) is 0 Å². The Morgan fingerprint density at radius 3 is 2.02 bits per heavy atom. The zero-order chi connectivity index (χ0) is 30.6. The zero-order valence-corrected chi connectivity index (χ0v) is 25.5. The molecule has 0 N–H and O–H groups in total. The minimum atomic E-state index is 0.651. The lowest BCUT2D eigenvalue weighted by Crippen LogP contribution is -1.93. The van der Waals surface area contributed by atoms with E-state index in [1.807, 2.05) is 47.7 Å². The van der Waals surface area contributed by atoms with Crippen molar-refractivity contribution >= 4 is 53.4 Å². The smallest absolute Gasteiger partial charge is 0.135 e. The Morgan fingerprint density at radius 2 is 1.13 bits per heavy atom. The van der Waals surface area contributed by atoms with Gasteiger partial charge in [-0.15, -0.1) is 11.3 Å². The quantitative estimate of drug-likeness (QED) is 0.201. The first-order valence-corrected chi connectivity index (χ1v) is 16.1. The second-order valence-corrected chi connectivity index (χ2v) is 12.7. The van der Waals surface area contributed by atoms with Gasteiger partial charge < -0.3 is 4.42 Å². The molecule has 0 fully saturated rings. The maximum absolute atomic E-state index is 10.5. The van der Waals surface area contributed by atoms with Gasteiger partial charge in [0.15, 0.2) is 0 Å². The van der Waals surface area contributed by atoms with E-state index in [-0.39, 0.29) is 0 Å². The fourth-order valence-corrected chi connectivity index (χ4v) is 7.87. The Labute approximate surface area is 270 Å². The Hall–Kier alpha value is -5.95. The van der Waals surface area contributed by atoms with Crippen LogP contribution in [0.25, 0.3) is 86.6 Å². The number of nitrogens with zero attached hydrogens (tertiary/aromatic N) is 1. The summed E-state index contributed by atoms with van der Waals surface area (Å²) in [6.45, 7) is 0. The summed E-state index contributed by atoms with van der Waals surface area (Å²) in [7, 11) is 0. The van der Waals surface area contributed by atoms with Crippen molar-refractivity contribution in [3.05, 3.63) is 157 Å². The van der Waals surface area contributed by atoms with Gasteiger partial charge in [0.25, 0.3) is 0 Å². The molecule has 0 saturated carbocycles. The Kier molecular flexibility index (Phi) is 6.09. The molecule has 0 radical (unpaired) electrons. The third-order valence-electron chi connectivity index (χ3n) is 8.95. The summed E-state index contributed by atoms with van der Waals surface area (Å²) in [6, 6.07) is 55.5. The van der Waals surface area contributed by atoms with Crippen LogP contribution in [0, 0.1) is 11.3 Å². The minimum Gasteiger partial charge on any atom is -0.456 e. The maximum Gasteiger partial charge on any atom is 0.135 e. The third-order valence-corrected chi connectivity index (χ3v) is 10.1. The number of para-hydroxylation sites is 1. The van der Waals surface area contributed by atoms with Crippen molar-refractivity contribution in [3.8, 4) is 50.6 Å². The lowest BCUT2D eigenvalue weighted by molar-refractivity contribution is 0.669. The van der Waals surface area contributed by atoms with Gasteiger partial charge in [-0.3, -0.25) is 0 Å². The number of nitriles is 1. The first-order valence-electron chi connectivity index (χ1n) is 15.3. The number of hydrogen-bond acceptors (Lipinski definition) is 3. The molecule has 0 unspecified atom stereocenters. The Balaban J connectivity index is 1.32. The maximum atomic E-state index is 10.5. The van der Waals surface area contributed by atoms with E-state index in [0.717, 1.165) is 66.4 Å². The molecule has 9 rings (SSSR count). The van der Waals surface area contributed by atoms with Crippen molar-refractivity contribution in [1.82, 2.24) is 0 Å². The van der Waals surface area contributed by atoms with E-state index < -0.39 is 0 Å². The van der Waals surface area contributed by atoms with Gasteiger partial charge in [-0.1, -0.05) is 109 Å². The van der Waals surface area contributed by atoms with Gasteiger partial charge in [-0.05, 0) is 81.4 Å². The minimum absolute atomic E-state index is 0.651. The van der Waals surface area contributed by atoms with Crippen LogP contribution in [0.2, 0.25) is 0 Å². The van der Waals surface area contributed by atoms with Crippen molar-refractivity contribution in [1.29, 1.82) is 5.26 Å². The molecular weight excluding hydrogens is 579 g/mol. The normalized spacial score (nSPS) is 11.5. The van der Waals surface area contributed by atoms with Crippen LogP contribution in [-0.4, -0.2) is 0 Å². The molecular formula is C43H25NOS. The SMILES string of the molecule is N#Cc1cc(-c2ccccc2)ccc1-c1cccc(-c2ccc3oc4ccccc4c3c2)c1-c1ccc2sc3ccccc3c2c1. The number of hydrogen-bond donors (Lipinski definition) is 0. The molecule has 46 heavy (non-hydrogen) atoms. The average Bonchev–Trinajstić information content (AvgIpc) is 3.69. The second-order valence-electron chi connectivity index (χ2n) is 11.6. The summed E-state index contributed by atoms with van der Waals surface area (Å²) in [6.07, 6.45) is 0. The third kappa shape index (κ3) is 4.24. The van der Waals surface area contributed by atoms with E-state index in [2.05, 4.69) is 121 Å². The van der Waals surface area contributed by atoms with Crippen LogP contribution in [-0.2, 0) is 0 Å². The van der Waals surface area contributed by atoms with E-state index in [0.29, 0.717) is 5.56 Å². The van der Waals surface area contributed by atoms with Crippen LogP contribution in [0.4, 0.5) is 0 Å². The Bertz CT molecular complexity index is 2650. The molecule has 2 heterocycles. The fraction of sp³-hybridized carbons (Fsp3) is 0. The first kappa shape index (κ1) is 26.5. The predicted molar refractivity (Wildman–Crippen MR) is 193 cm³/mol. The highest BCUT2D eigenvalue weighted by atomic mass is 32.1. The summed E-state index contributed by atoms with van der Waals surface area (Å²) in [5, 5.41) is 15.2. The van der Waals surface area contributed by atoms with Gasteiger partial charge in [0, 0.05) is 36.5 Å². The first-order chi connectivity index (χ1) is 22.7. The number of furan rings is 1. The molecule has 0 aliphatic rings. The molecule has 7 aromatic carbocycles. The number of fused-ring (bicyclic) bond motifs is 6. The van der Waals surface area contributed by atoms with E-state index in [9.17, 15) is 5.26 Å². The highest BCUT2D eigenvalue weighted by Crippen LogP contribution is 2.45. The number of thiophene rings is 1. The molecule has 0 aliphatic heterocycles. The average molecular weight is 604 g/mol. The number of rotatable bonds is 4. The summed E-state index contributed by atoms with van der Waals surface area (Å²) in [5.41, 5.74) is 10.9. The molecule has 0 saturated heterocycles. The lowest BCUT2D eigenvalue weighted by Gasteiger charge is -2.18. The summed E-state index contributed by atoms with van der Waals surface area (Å²) >= 11 is 1.82. The molecule has 3 heteroatoms. The van der Waals surface area contributed by atoms with Gasteiger partial charge in [0.1, 0.15) is 11.2 Å². The Morgan fingerprint density at radius 1 is 0.435 bits per heavy atom. The standard InChI is InChI=1S/C43H25NOS/c44-26-31-23-28(27-9-2-1-3-10-27)17-20-32(31)36-14-8-13-33(29-18-21-40-37(24-29)34-11-4-6-15-39(34)45-40)43(36)30-19-22-42-38(25-30)35-12-5-7-16-41(35)46-42/h1-25H. The van der Waals surface area contributed by atoms with Crippen LogP contribution in [0.1, 0.15) is 5.56 Å². The predicted octanol–water partition coefficient (Wildman–Crippen LogP) is 12.5. The summed E-state index contributed by atoms with van der Waals surface area (Å²) < 4.78 is 8.72. The van der Waals surface area contributed by atoms with Crippen LogP contribution in [0.15, 0.2) is 156 Å². The van der Waals surface area contributed by atoms with E-state index in [4.69, 9.17) is 4.42 Å². The molecule has 214 valence electrons. The van der Waals surface area contributed by atoms with Crippen LogP contribution >= 0.6 is 11.3 Å². The number of benzene rings is 7. The molecule has 2 aromatic heterocycles. The van der Waals surface area contributed by atoms with E-state index >= 15 is 0 Å². The van der Waals surface area contributed by atoms with Gasteiger partial charge in [-0.2, -0.15) is 5.26 Å². The summed E-state index contributed by atoms with van der Waals surface area (Å²) in [4.78, 5) is 0. The summed E-state index contributed by atoms with van der Waals surface area (Å²) in [5.74, 6) is 0. The lowest BCUT2D eigenvalue weighted by atomic mass is 9.85. The van der Waals surface area contributed by atoms with Crippen molar-refractivity contribution in [2.45, 2.75) is 0 Å². The van der Waals surface area contributed by atoms with Gasteiger partial charge >= 0.3 is 0 Å². The molecule has 9 aromatic rings. The van der Waals surface area contributed by atoms with Gasteiger partial charge in [0.05, 0.1) is 11.6 Å². The van der Waals surface area contributed by atoms with Crippen LogP contribution < -0.4 is 0 Å². The molecule has 0 bridgehead atoms. The van der Waals surface area contributed by atoms with Crippen molar-refractivity contribution in [2.24, 2.45) is 0 Å². The van der Waals surface area contributed by atoms with Crippen LogP contribution in [0.5, 0.6) is 0 Å². The van der Waals surface area contributed by atoms with Crippen molar-refractivity contribution < 1.29 is 4.42 Å². The fourth-order valence-electron chi connectivity index (χ4n) is 6.79. The molecule has 0 spiro atoms. The molecule has 2 nitrogen and oxygen atoms in total. The molecule has 0 atom stereocenters. The highest BCUT2D eigenvalue weighted by Gasteiger charge is 2.19. The van der Waals surface area contributed by atoms with E-state index in [1.165, 1.54) is 20.2 Å². The van der Waals surface area contributed by atoms with Crippen molar-refractivity contribution in [2.75, 3.05) is 0 Å². The van der Waals surface area contributed by atoms with Crippen LogP contribution in [0.3, 0.4) is 0 Å².